The Morgan fingerprint density at radius 2 is 1.75 bits per heavy atom. The Hall–Kier alpha value is -2.83. The van der Waals surface area contributed by atoms with Gasteiger partial charge in [-0.05, 0) is 42.0 Å². The second kappa shape index (κ2) is 5.99. The van der Waals surface area contributed by atoms with E-state index in [1.165, 1.54) is 36.4 Å². The summed E-state index contributed by atoms with van der Waals surface area (Å²) in [5.41, 5.74) is 0.673. The number of hydrogen-bond donors (Lipinski definition) is 2. The molecule has 0 aliphatic heterocycles. The van der Waals surface area contributed by atoms with E-state index in [1.807, 2.05) is 0 Å². The lowest BCUT2D eigenvalue weighted by molar-refractivity contribution is -0.137. The van der Waals surface area contributed by atoms with Crippen molar-refractivity contribution in [3.63, 3.8) is 0 Å². The molecule has 0 unspecified atom stereocenters. The number of rotatable bonds is 3. The third kappa shape index (κ3) is 3.40. The molecular formula is C17H12F4N2O. The first-order valence-electron chi connectivity index (χ1n) is 7.05. The molecule has 2 aromatic carbocycles. The Balaban J connectivity index is 1.68. The number of aromatic amines is 1. The van der Waals surface area contributed by atoms with Crippen LogP contribution in [-0.4, -0.2) is 10.9 Å². The number of fused-ring (bicyclic) bond motifs is 1. The largest absolute Gasteiger partial charge is 0.416 e. The van der Waals surface area contributed by atoms with Crippen LogP contribution < -0.4 is 5.32 Å². The molecule has 124 valence electrons. The highest BCUT2D eigenvalue weighted by atomic mass is 19.4. The number of halogens is 4. The highest BCUT2D eigenvalue weighted by Crippen LogP contribution is 2.29. The van der Waals surface area contributed by atoms with Gasteiger partial charge < -0.3 is 10.3 Å². The minimum atomic E-state index is -4.39. The molecule has 1 heterocycles. The zero-order chi connectivity index (χ0) is 17.3. The van der Waals surface area contributed by atoms with E-state index in [4.69, 9.17) is 0 Å². The summed E-state index contributed by atoms with van der Waals surface area (Å²) in [6.07, 6.45) is -4.39. The maximum absolute atomic E-state index is 13.1. The monoisotopic (exact) mass is 336 g/mol. The zero-order valence-corrected chi connectivity index (χ0v) is 12.2. The summed E-state index contributed by atoms with van der Waals surface area (Å²) in [6, 6.07) is 10.2. The number of carbonyl (C=O) groups excluding carboxylic acids is 1. The number of benzene rings is 2. The van der Waals surface area contributed by atoms with Crippen molar-refractivity contribution in [1.29, 1.82) is 0 Å². The van der Waals surface area contributed by atoms with Gasteiger partial charge in [0, 0.05) is 17.4 Å². The molecule has 3 rings (SSSR count). The van der Waals surface area contributed by atoms with Crippen LogP contribution in [0.3, 0.4) is 0 Å². The first kappa shape index (κ1) is 16.0. The van der Waals surface area contributed by atoms with Gasteiger partial charge in [-0.2, -0.15) is 13.2 Å². The van der Waals surface area contributed by atoms with E-state index in [9.17, 15) is 22.4 Å². The van der Waals surface area contributed by atoms with Crippen LogP contribution in [-0.2, 0) is 12.7 Å². The standard InChI is InChI=1S/C17H12F4N2O/c18-13-5-6-14-11(7-13)8-15(23-14)16(24)22-9-10-1-3-12(4-2-10)17(19,20)21/h1-8,23H,9H2,(H,22,24). The van der Waals surface area contributed by atoms with Gasteiger partial charge >= 0.3 is 6.18 Å². The minimum Gasteiger partial charge on any atom is -0.351 e. The lowest BCUT2D eigenvalue weighted by atomic mass is 10.1. The summed E-state index contributed by atoms with van der Waals surface area (Å²) in [5.74, 6) is -0.829. The number of alkyl halides is 3. The molecule has 0 bridgehead atoms. The van der Waals surface area contributed by atoms with Crippen LogP contribution >= 0.6 is 0 Å². The molecule has 3 nitrogen and oxygen atoms in total. The van der Waals surface area contributed by atoms with Gasteiger partial charge in [0.05, 0.1) is 5.56 Å². The summed E-state index contributed by atoms with van der Waals surface area (Å²) in [4.78, 5) is 14.9. The Kier molecular flexibility index (Phi) is 4.01. The van der Waals surface area contributed by atoms with Crippen molar-refractivity contribution >= 4 is 16.8 Å². The average Bonchev–Trinajstić information content (AvgIpc) is 2.95. The van der Waals surface area contributed by atoms with Crippen molar-refractivity contribution in [2.24, 2.45) is 0 Å². The topological polar surface area (TPSA) is 44.9 Å². The Morgan fingerprint density at radius 1 is 1.04 bits per heavy atom. The average molecular weight is 336 g/mol. The SMILES string of the molecule is O=C(NCc1ccc(C(F)(F)F)cc1)c1cc2cc(F)ccc2[nH]1. The zero-order valence-electron chi connectivity index (χ0n) is 12.2. The van der Waals surface area contributed by atoms with E-state index in [-0.39, 0.29) is 12.2 Å². The van der Waals surface area contributed by atoms with Crippen LogP contribution in [0.4, 0.5) is 17.6 Å². The van der Waals surface area contributed by atoms with Crippen molar-refractivity contribution in [1.82, 2.24) is 10.3 Å². The number of H-pyrrole nitrogens is 1. The maximum Gasteiger partial charge on any atom is 0.416 e. The first-order chi connectivity index (χ1) is 11.3. The fraction of sp³-hybridized carbons (Fsp3) is 0.118. The second-order valence-corrected chi connectivity index (χ2v) is 5.29. The third-order valence-electron chi connectivity index (χ3n) is 3.56. The molecule has 0 radical (unpaired) electrons. The Morgan fingerprint density at radius 3 is 2.42 bits per heavy atom. The molecule has 0 aliphatic carbocycles. The highest BCUT2D eigenvalue weighted by molar-refractivity contribution is 5.97. The van der Waals surface area contributed by atoms with Gasteiger partial charge in [-0.3, -0.25) is 4.79 Å². The number of amides is 1. The van der Waals surface area contributed by atoms with Gasteiger partial charge in [0.15, 0.2) is 0 Å². The van der Waals surface area contributed by atoms with Crippen LogP contribution in [0.15, 0.2) is 48.5 Å². The minimum absolute atomic E-state index is 0.0840. The third-order valence-corrected chi connectivity index (χ3v) is 3.56. The lowest BCUT2D eigenvalue weighted by Crippen LogP contribution is -2.23. The highest BCUT2D eigenvalue weighted by Gasteiger charge is 2.29. The summed E-state index contributed by atoms with van der Waals surface area (Å²) in [5, 5.41) is 3.17. The van der Waals surface area contributed by atoms with Crippen molar-refractivity contribution < 1.29 is 22.4 Å². The smallest absolute Gasteiger partial charge is 0.351 e. The number of carbonyl (C=O) groups is 1. The molecule has 24 heavy (non-hydrogen) atoms. The molecule has 0 saturated carbocycles. The van der Waals surface area contributed by atoms with Crippen molar-refractivity contribution in [3.05, 3.63) is 71.2 Å². The molecule has 0 spiro atoms. The molecule has 1 amide bonds. The van der Waals surface area contributed by atoms with Gasteiger partial charge in [0.2, 0.25) is 0 Å². The Bertz CT molecular complexity index is 882. The van der Waals surface area contributed by atoms with Crippen molar-refractivity contribution in [3.8, 4) is 0 Å². The molecule has 0 saturated heterocycles. The van der Waals surface area contributed by atoms with E-state index in [1.54, 1.807) is 0 Å². The fourth-order valence-electron chi connectivity index (χ4n) is 2.31. The molecular weight excluding hydrogens is 324 g/mol. The molecule has 1 aromatic heterocycles. The molecule has 0 atom stereocenters. The van der Waals surface area contributed by atoms with Gasteiger partial charge in [-0.25, -0.2) is 4.39 Å². The number of nitrogens with one attached hydrogen (secondary N) is 2. The van der Waals surface area contributed by atoms with Gasteiger partial charge in [-0.1, -0.05) is 12.1 Å². The van der Waals surface area contributed by atoms with Crippen LogP contribution in [0.2, 0.25) is 0 Å². The number of aromatic nitrogens is 1. The van der Waals surface area contributed by atoms with Crippen LogP contribution in [0.25, 0.3) is 10.9 Å². The summed E-state index contributed by atoms with van der Waals surface area (Å²) in [6.45, 7) is 0.0840. The second-order valence-electron chi connectivity index (χ2n) is 5.29. The summed E-state index contributed by atoms with van der Waals surface area (Å²) >= 11 is 0. The van der Waals surface area contributed by atoms with Crippen LogP contribution in [0.1, 0.15) is 21.6 Å². The van der Waals surface area contributed by atoms with Crippen molar-refractivity contribution in [2.45, 2.75) is 12.7 Å². The predicted octanol–water partition coefficient (Wildman–Crippen LogP) is 4.26. The summed E-state index contributed by atoms with van der Waals surface area (Å²) in [7, 11) is 0. The number of hydrogen-bond acceptors (Lipinski definition) is 1. The first-order valence-corrected chi connectivity index (χ1v) is 7.05. The van der Waals surface area contributed by atoms with E-state index < -0.39 is 23.5 Å². The van der Waals surface area contributed by atoms with E-state index in [0.29, 0.717) is 16.5 Å². The lowest BCUT2D eigenvalue weighted by Gasteiger charge is -2.08. The van der Waals surface area contributed by atoms with E-state index in [0.717, 1.165) is 12.1 Å². The summed E-state index contributed by atoms with van der Waals surface area (Å²) < 4.78 is 50.6. The van der Waals surface area contributed by atoms with E-state index in [2.05, 4.69) is 10.3 Å². The molecule has 2 N–H and O–H groups in total. The van der Waals surface area contributed by atoms with Crippen LogP contribution in [0.5, 0.6) is 0 Å². The molecule has 0 aliphatic rings. The molecule has 7 heteroatoms. The van der Waals surface area contributed by atoms with Crippen LogP contribution in [0, 0.1) is 5.82 Å². The molecule has 0 fully saturated rings. The predicted molar refractivity (Wildman–Crippen MR) is 80.9 cm³/mol. The Labute approximate surface area is 134 Å². The van der Waals surface area contributed by atoms with Gasteiger partial charge in [-0.15, -0.1) is 0 Å². The molecule has 3 aromatic rings. The van der Waals surface area contributed by atoms with E-state index >= 15 is 0 Å². The normalized spacial score (nSPS) is 11.7. The quantitative estimate of drug-likeness (QED) is 0.690. The maximum atomic E-state index is 13.1. The van der Waals surface area contributed by atoms with Crippen molar-refractivity contribution in [2.75, 3.05) is 0 Å². The van der Waals surface area contributed by atoms with Gasteiger partial charge in [0.25, 0.3) is 5.91 Å². The fourth-order valence-corrected chi connectivity index (χ4v) is 2.31. The van der Waals surface area contributed by atoms with Gasteiger partial charge in [0.1, 0.15) is 11.5 Å².